The van der Waals surface area contributed by atoms with Crippen LogP contribution in [0.4, 0.5) is 10.5 Å². The standard InChI is InChI=1S/C17H15ClN2O7/c1-2-19-17(23)27-12-3-4-15(14(9-12)20(24)25)26-13-6-10(7-16(21)22)5-11(18)8-13/h3-6,8-9H,2,7H2,1H3,(H,19,23)(H,21,22). The molecule has 1 amide bonds. The van der Waals surface area contributed by atoms with E-state index in [4.69, 9.17) is 26.2 Å². The van der Waals surface area contributed by atoms with Crippen LogP contribution in [-0.2, 0) is 11.2 Å². The van der Waals surface area contributed by atoms with Gasteiger partial charge in [-0.25, -0.2) is 4.79 Å². The van der Waals surface area contributed by atoms with E-state index in [1.165, 1.54) is 30.3 Å². The van der Waals surface area contributed by atoms with Gasteiger partial charge < -0.3 is 19.9 Å². The Labute approximate surface area is 158 Å². The summed E-state index contributed by atoms with van der Waals surface area (Å²) < 4.78 is 10.4. The number of nitro groups is 1. The first-order valence-corrected chi connectivity index (χ1v) is 8.09. The SMILES string of the molecule is CCNC(=O)Oc1ccc(Oc2cc(Cl)cc(CC(=O)O)c2)c([N+](=O)[O-])c1. The summed E-state index contributed by atoms with van der Waals surface area (Å²) >= 11 is 5.94. The monoisotopic (exact) mass is 394 g/mol. The van der Waals surface area contributed by atoms with Gasteiger partial charge in [0.15, 0.2) is 0 Å². The first kappa shape index (κ1) is 20.0. The molecule has 0 aliphatic carbocycles. The molecule has 142 valence electrons. The summed E-state index contributed by atoms with van der Waals surface area (Å²) in [5.74, 6) is -1.07. The van der Waals surface area contributed by atoms with E-state index in [1.54, 1.807) is 6.92 Å². The number of amides is 1. The second-order valence-electron chi connectivity index (χ2n) is 5.27. The second kappa shape index (κ2) is 8.86. The molecule has 2 aromatic carbocycles. The van der Waals surface area contributed by atoms with Gasteiger partial charge in [0.2, 0.25) is 5.75 Å². The van der Waals surface area contributed by atoms with E-state index < -0.39 is 22.7 Å². The number of nitro benzene ring substituents is 1. The lowest BCUT2D eigenvalue weighted by Crippen LogP contribution is -2.26. The molecule has 0 radical (unpaired) electrons. The lowest BCUT2D eigenvalue weighted by Gasteiger charge is -2.10. The van der Waals surface area contributed by atoms with Crippen LogP contribution in [-0.4, -0.2) is 28.6 Å². The normalized spacial score (nSPS) is 10.1. The fourth-order valence-electron chi connectivity index (χ4n) is 2.16. The molecule has 0 heterocycles. The third-order valence-electron chi connectivity index (χ3n) is 3.17. The molecule has 0 spiro atoms. The third-order valence-corrected chi connectivity index (χ3v) is 3.39. The summed E-state index contributed by atoms with van der Waals surface area (Å²) in [7, 11) is 0. The van der Waals surface area contributed by atoms with E-state index in [2.05, 4.69) is 5.32 Å². The number of halogens is 1. The Bertz CT molecular complexity index is 886. The van der Waals surface area contributed by atoms with Crippen molar-refractivity contribution in [2.24, 2.45) is 0 Å². The summed E-state index contributed by atoms with van der Waals surface area (Å²) in [6.45, 7) is 2.04. The minimum Gasteiger partial charge on any atom is -0.481 e. The number of carboxylic acid groups (broad SMARTS) is 1. The molecule has 0 saturated carbocycles. The molecule has 10 heteroatoms. The van der Waals surface area contributed by atoms with Crippen LogP contribution < -0.4 is 14.8 Å². The first-order valence-electron chi connectivity index (χ1n) is 7.71. The van der Waals surface area contributed by atoms with Crippen LogP contribution in [0.5, 0.6) is 17.2 Å². The highest BCUT2D eigenvalue weighted by Crippen LogP contribution is 2.35. The number of rotatable bonds is 7. The number of benzene rings is 2. The number of carbonyl (C=O) groups excluding carboxylic acids is 1. The molecule has 2 rings (SSSR count). The summed E-state index contributed by atoms with van der Waals surface area (Å²) in [6.07, 6.45) is -1.02. The highest BCUT2D eigenvalue weighted by Gasteiger charge is 2.19. The number of carbonyl (C=O) groups is 2. The number of nitrogens with one attached hydrogen (secondary N) is 1. The molecule has 0 aliphatic heterocycles. The molecule has 9 nitrogen and oxygen atoms in total. The fraction of sp³-hybridized carbons (Fsp3) is 0.176. The number of hydrogen-bond donors (Lipinski definition) is 2. The average molecular weight is 395 g/mol. The third kappa shape index (κ3) is 5.86. The Morgan fingerprint density at radius 3 is 2.59 bits per heavy atom. The Hall–Kier alpha value is -3.33. The molecule has 0 aromatic heterocycles. The maximum Gasteiger partial charge on any atom is 0.412 e. The van der Waals surface area contributed by atoms with Crippen LogP contribution in [0, 0.1) is 10.1 Å². The zero-order valence-corrected chi connectivity index (χ0v) is 14.9. The van der Waals surface area contributed by atoms with Crippen LogP contribution in [0.3, 0.4) is 0 Å². The van der Waals surface area contributed by atoms with Gasteiger partial charge in [0, 0.05) is 11.6 Å². The smallest absolute Gasteiger partial charge is 0.412 e. The summed E-state index contributed by atoms with van der Waals surface area (Å²) in [5.41, 5.74) is -0.0552. The van der Waals surface area contributed by atoms with Crippen molar-refractivity contribution in [3.05, 3.63) is 57.1 Å². The molecule has 0 unspecified atom stereocenters. The zero-order valence-electron chi connectivity index (χ0n) is 14.1. The van der Waals surface area contributed by atoms with E-state index in [0.29, 0.717) is 12.1 Å². The van der Waals surface area contributed by atoms with Gasteiger partial charge in [0.1, 0.15) is 11.5 Å². The van der Waals surface area contributed by atoms with Crippen molar-refractivity contribution in [1.82, 2.24) is 5.32 Å². The van der Waals surface area contributed by atoms with Crippen LogP contribution >= 0.6 is 11.6 Å². The Kier molecular flexibility index (Phi) is 6.56. The predicted octanol–water partition coefficient (Wildman–Crippen LogP) is 3.78. The van der Waals surface area contributed by atoms with Crippen molar-refractivity contribution in [3.8, 4) is 17.2 Å². The minimum absolute atomic E-state index is 0.0299. The van der Waals surface area contributed by atoms with E-state index in [9.17, 15) is 19.7 Å². The summed E-state index contributed by atoms with van der Waals surface area (Å²) in [4.78, 5) is 32.9. The van der Waals surface area contributed by atoms with Gasteiger partial charge in [-0.2, -0.15) is 0 Å². The Morgan fingerprint density at radius 1 is 1.22 bits per heavy atom. The number of aliphatic carboxylic acids is 1. The summed E-state index contributed by atoms with van der Waals surface area (Å²) in [6, 6.07) is 7.93. The van der Waals surface area contributed by atoms with Crippen molar-refractivity contribution in [2.45, 2.75) is 13.3 Å². The van der Waals surface area contributed by atoms with Crippen LogP contribution in [0.2, 0.25) is 5.02 Å². The van der Waals surface area contributed by atoms with Gasteiger partial charge in [-0.05, 0) is 42.8 Å². The van der Waals surface area contributed by atoms with E-state index in [1.807, 2.05) is 0 Å². The number of nitrogens with zero attached hydrogens (tertiary/aromatic N) is 1. The van der Waals surface area contributed by atoms with Crippen LogP contribution in [0.15, 0.2) is 36.4 Å². The van der Waals surface area contributed by atoms with Crippen LogP contribution in [0.25, 0.3) is 0 Å². The summed E-state index contributed by atoms with van der Waals surface area (Å²) in [5, 5.41) is 22.8. The molecular weight excluding hydrogens is 380 g/mol. The van der Waals surface area contributed by atoms with E-state index in [-0.39, 0.29) is 28.7 Å². The highest BCUT2D eigenvalue weighted by atomic mass is 35.5. The van der Waals surface area contributed by atoms with Gasteiger partial charge in [-0.3, -0.25) is 14.9 Å². The van der Waals surface area contributed by atoms with Gasteiger partial charge >= 0.3 is 17.7 Å². The van der Waals surface area contributed by atoms with Gasteiger partial charge in [0.25, 0.3) is 0 Å². The van der Waals surface area contributed by atoms with Gasteiger partial charge in [-0.15, -0.1) is 0 Å². The minimum atomic E-state index is -1.05. The zero-order chi connectivity index (χ0) is 20.0. The maximum atomic E-state index is 11.4. The highest BCUT2D eigenvalue weighted by molar-refractivity contribution is 6.30. The quantitative estimate of drug-likeness (QED) is 0.540. The lowest BCUT2D eigenvalue weighted by molar-refractivity contribution is -0.385. The molecule has 27 heavy (non-hydrogen) atoms. The van der Waals surface area contributed by atoms with E-state index in [0.717, 1.165) is 6.07 Å². The van der Waals surface area contributed by atoms with Crippen molar-refractivity contribution in [3.63, 3.8) is 0 Å². The molecule has 0 saturated heterocycles. The number of hydrogen-bond acceptors (Lipinski definition) is 6. The van der Waals surface area contributed by atoms with Gasteiger partial charge in [0.05, 0.1) is 17.4 Å². The van der Waals surface area contributed by atoms with Crippen LogP contribution in [0.1, 0.15) is 12.5 Å². The van der Waals surface area contributed by atoms with E-state index >= 15 is 0 Å². The largest absolute Gasteiger partial charge is 0.481 e. The average Bonchev–Trinajstić information content (AvgIpc) is 2.55. The lowest BCUT2D eigenvalue weighted by atomic mass is 10.1. The molecule has 0 atom stereocenters. The molecule has 0 bridgehead atoms. The maximum absolute atomic E-state index is 11.4. The Balaban J connectivity index is 2.30. The Morgan fingerprint density at radius 2 is 1.96 bits per heavy atom. The molecule has 0 fully saturated rings. The van der Waals surface area contributed by atoms with Crippen molar-refractivity contribution in [2.75, 3.05) is 6.54 Å². The fourth-order valence-corrected chi connectivity index (χ4v) is 2.41. The van der Waals surface area contributed by atoms with Crippen molar-refractivity contribution in [1.29, 1.82) is 0 Å². The molecular formula is C17H15ClN2O7. The number of carboxylic acids is 1. The predicted molar refractivity (Wildman–Crippen MR) is 95.7 cm³/mol. The molecule has 0 aliphatic rings. The molecule has 2 aromatic rings. The van der Waals surface area contributed by atoms with Gasteiger partial charge in [-0.1, -0.05) is 11.6 Å². The molecule has 2 N–H and O–H groups in total. The topological polar surface area (TPSA) is 128 Å². The van der Waals surface area contributed by atoms with Crippen molar-refractivity contribution < 1.29 is 29.1 Å². The van der Waals surface area contributed by atoms with Crippen molar-refractivity contribution >= 4 is 29.4 Å². The first-order chi connectivity index (χ1) is 12.8. The number of ether oxygens (including phenoxy) is 2. The second-order valence-corrected chi connectivity index (χ2v) is 5.71.